The summed E-state index contributed by atoms with van der Waals surface area (Å²) in [5.41, 5.74) is -0.722. The second-order valence-corrected chi connectivity index (χ2v) is 6.45. The molecule has 0 aromatic rings. The number of ether oxygens (including phenoxy) is 1. The topological polar surface area (TPSA) is 70.6 Å². The number of hydrogen-bond acceptors (Lipinski definition) is 4. The second-order valence-electron chi connectivity index (χ2n) is 6.45. The molecule has 2 rings (SSSR count). The molecule has 4 atom stereocenters. The second kappa shape index (κ2) is 6.87. The van der Waals surface area contributed by atoms with Gasteiger partial charge in [0, 0.05) is 12.6 Å². The Kier molecular flexibility index (Phi) is 5.41. The highest BCUT2D eigenvalue weighted by Gasteiger charge is 2.36. The van der Waals surface area contributed by atoms with Crippen molar-refractivity contribution in [1.29, 1.82) is 0 Å². The van der Waals surface area contributed by atoms with Crippen LogP contribution in [0.4, 0.5) is 0 Å². The Labute approximate surface area is 121 Å². The highest BCUT2D eigenvalue weighted by molar-refractivity contribution is 5.80. The van der Waals surface area contributed by atoms with Gasteiger partial charge in [-0.25, -0.2) is 0 Å². The summed E-state index contributed by atoms with van der Waals surface area (Å²) in [4.78, 5) is 12.3. The third-order valence-corrected chi connectivity index (χ3v) is 4.54. The van der Waals surface area contributed by atoms with E-state index in [1.54, 1.807) is 0 Å². The van der Waals surface area contributed by atoms with Crippen molar-refractivity contribution >= 4 is 5.91 Å². The lowest BCUT2D eigenvalue weighted by atomic mass is 9.79. The average molecular weight is 284 g/mol. The molecule has 20 heavy (non-hydrogen) atoms. The van der Waals surface area contributed by atoms with Crippen LogP contribution in [-0.4, -0.2) is 49.0 Å². The first-order chi connectivity index (χ1) is 9.54. The van der Waals surface area contributed by atoms with E-state index in [0.29, 0.717) is 25.7 Å². The molecule has 116 valence electrons. The number of aliphatic hydroxyl groups is 1. The Hall–Kier alpha value is -0.650. The number of nitrogens with one attached hydrogen (secondary N) is 2. The lowest BCUT2D eigenvalue weighted by molar-refractivity contribution is -0.127. The Bertz CT molecular complexity index is 337. The predicted molar refractivity (Wildman–Crippen MR) is 77.4 cm³/mol. The SMILES string of the molecule is CCNC1COCC1C(=O)NCC1(O)CCCC(C)C1. The van der Waals surface area contributed by atoms with Crippen molar-refractivity contribution in [3.8, 4) is 0 Å². The molecule has 1 aliphatic heterocycles. The van der Waals surface area contributed by atoms with E-state index in [4.69, 9.17) is 4.74 Å². The lowest BCUT2D eigenvalue weighted by Crippen LogP contribution is -2.50. The molecule has 0 radical (unpaired) electrons. The molecule has 5 heteroatoms. The van der Waals surface area contributed by atoms with Gasteiger partial charge in [0.2, 0.25) is 5.91 Å². The zero-order valence-corrected chi connectivity index (χ0v) is 12.7. The number of carbonyl (C=O) groups excluding carboxylic acids is 1. The standard InChI is InChI=1S/C15H28N2O3/c1-3-16-13-9-20-8-12(13)14(18)17-10-15(19)6-4-5-11(2)7-15/h11-13,16,19H,3-10H2,1-2H3,(H,17,18). The molecular formula is C15H28N2O3. The van der Waals surface area contributed by atoms with Gasteiger partial charge in [-0.05, 0) is 25.3 Å². The molecule has 4 unspecified atom stereocenters. The molecule has 1 saturated heterocycles. The molecule has 5 nitrogen and oxygen atoms in total. The fourth-order valence-corrected chi connectivity index (χ4v) is 3.45. The van der Waals surface area contributed by atoms with Crippen molar-refractivity contribution in [2.75, 3.05) is 26.3 Å². The molecule has 1 aliphatic carbocycles. The van der Waals surface area contributed by atoms with Crippen molar-refractivity contribution in [2.45, 2.75) is 51.2 Å². The Balaban J connectivity index is 1.82. The van der Waals surface area contributed by atoms with E-state index >= 15 is 0 Å². The van der Waals surface area contributed by atoms with Crippen LogP contribution < -0.4 is 10.6 Å². The smallest absolute Gasteiger partial charge is 0.227 e. The fraction of sp³-hybridized carbons (Fsp3) is 0.933. The number of rotatable bonds is 5. The highest BCUT2D eigenvalue weighted by Crippen LogP contribution is 2.31. The minimum atomic E-state index is -0.722. The average Bonchev–Trinajstić information content (AvgIpc) is 2.85. The molecule has 1 amide bonds. The normalized spacial score (nSPS) is 37.9. The van der Waals surface area contributed by atoms with E-state index in [-0.39, 0.29) is 17.9 Å². The van der Waals surface area contributed by atoms with Crippen molar-refractivity contribution in [3.05, 3.63) is 0 Å². The summed E-state index contributed by atoms with van der Waals surface area (Å²) in [5.74, 6) is 0.398. The first kappa shape index (κ1) is 15.7. The van der Waals surface area contributed by atoms with Gasteiger partial charge in [0.05, 0.1) is 24.7 Å². The van der Waals surface area contributed by atoms with Crippen molar-refractivity contribution in [3.63, 3.8) is 0 Å². The van der Waals surface area contributed by atoms with Crippen LogP contribution in [0.1, 0.15) is 39.5 Å². The van der Waals surface area contributed by atoms with Gasteiger partial charge in [-0.2, -0.15) is 0 Å². The molecule has 1 heterocycles. The number of amides is 1. The van der Waals surface area contributed by atoms with Crippen LogP contribution in [0.5, 0.6) is 0 Å². The Morgan fingerprint density at radius 2 is 2.25 bits per heavy atom. The minimum Gasteiger partial charge on any atom is -0.388 e. The number of hydrogen-bond donors (Lipinski definition) is 3. The highest BCUT2D eigenvalue weighted by atomic mass is 16.5. The van der Waals surface area contributed by atoms with Crippen LogP contribution in [0.2, 0.25) is 0 Å². The summed E-state index contributed by atoms with van der Waals surface area (Å²) >= 11 is 0. The predicted octanol–water partition coefficient (Wildman–Crippen LogP) is 0.668. The number of likely N-dealkylation sites (N-methyl/N-ethyl adjacent to an activating group) is 1. The summed E-state index contributed by atoms with van der Waals surface area (Å²) in [5, 5.41) is 16.8. The van der Waals surface area contributed by atoms with E-state index in [0.717, 1.165) is 25.8 Å². The summed E-state index contributed by atoms with van der Waals surface area (Å²) in [6.45, 7) is 6.45. The molecular weight excluding hydrogens is 256 g/mol. The van der Waals surface area contributed by atoms with Gasteiger partial charge in [0.15, 0.2) is 0 Å². The first-order valence-corrected chi connectivity index (χ1v) is 7.85. The molecule has 1 saturated carbocycles. The summed E-state index contributed by atoms with van der Waals surface area (Å²) in [6.07, 6.45) is 3.79. The molecule has 0 bridgehead atoms. The summed E-state index contributed by atoms with van der Waals surface area (Å²) in [6, 6.07) is 0.0972. The minimum absolute atomic E-state index is 0.0000940. The van der Waals surface area contributed by atoms with E-state index < -0.39 is 5.60 Å². The van der Waals surface area contributed by atoms with E-state index in [9.17, 15) is 9.90 Å². The molecule has 0 aromatic carbocycles. The third kappa shape index (κ3) is 3.93. The van der Waals surface area contributed by atoms with Crippen molar-refractivity contribution in [1.82, 2.24) is 10.6 Å². The van der Waals surface area contributed by atoms with Gasteiger partial charge in [-0.3, -0.25) is 4.79 Å². The Morgan fingerprint density at radius 1 is 1.45 bits per heavy atom. The molecule has 0 aromatic heterocycles. The van der Waals surface area contributed by atoms with Gasteiger partial charge in [0.25, 0.3) is 0 Å². The van der Waals surface area contributed by atoms with Gasteiger partial charge in [0.1, 0.15) is 0 Å². The maximum Gasteiger partial charge on any atom is 0.227 e. The zero-order valence-electron chi connectivity index (χ0n) is 12.7. The van der Waals surface area contributed by atoms with Crippen LogP contribution in [0.3, 0.4) is 0 Å². The maximum absolute atomic E-state index is 12.3. The Morgan fingerprint density at radius 3 is 2.95 bits per heavy atom. The van der Waals surface area contributed by atoms with E-state index in [1.807, 2.05) is 6.92 Å². The number of carbonyl (C=O) groups is 1. The largest absolute Gasteiger partial charge is 0.388 e. The van der Waals surface area contributed by atoms with Crippen molar-refractivity contribution in [2.24, 2.45) is 11.8 Å². The van der Waals surface area contributed by atoms with Crippen LogP contribution in [-0.2, 0) is 9.53 Å². The van der Waals surface area contributed by atoms with E-state index in [1.165, 1.54) is 6.42 Å². The molecule has 0 spiro atoms. The summed E-state index contributed by atoms with van der Waals surface area (Å²) < 4.78 is 5.39. The van der Waals surface area contributed by atoms with Crippen LogP contribution in [0.15, 0.2) is 0 Å². The van der Waals surface area contributed by atoms with Crippen molar-refractivity contribution < 1.29 is 14.6 Å². The van der Waals surface area contributed by atoms with Crippen LogP contribution in [0.25, 0.3) is 0 Å². The maximum atomic E-state index is 12.3. The van der Waals surface area contributed by atoms with Crippen LogP contribution in [0, 0.1) is 11.8 Å². The lowest BCUT2D eigenvalue weighted by Gasteiger charge is -2.36. The van der Waals surface area contributed by atoms with Gasteiger partial charge < -0.3 is 20.5 Å². The first-order valence-electron chi connectivity index (χ1n) is 7.85. The zero-order chi connectivity index (χ0) is 14.6. The molecule has 2 fully saturated rings. The fourth-order valence-electron chi connectivity index (χ4n) is 3.45. The van der Waals surface area contributed by atoms with E-state index in [2.05, 4.69) is 17.6 Å². The van der Waals surface area contributed by atoms with Gasteiger partial charge in [-0.1, -0.05) is 26.7 Å². The summed E-state index contributed by atoms with van der Waals surface area (Å²) in [7, 11) is 0. The van der Waals surface area contributed by atoms with Crippen LogP contribution >= 0.6 is 0 Å². The third-order valence-electron chi connectivity index (χ3n) is 4.54. The van der Waals surface area contributed by atoms with Gasteiger partial charge in [-0.15, -0.1) is 0 Å². The monoisotopic (exact) mass is 284 g/mol. The molecule has 3 N–H and O–H groups in total. The van der Waals surface area contributed by atoms with Gasteiger partial charge >= 0.3 is 0 Å². The molecule has 2 aliphatic rings. The quantitative estimate of drug-likeness (QED) is 0.694.